The van der Waals surface area contributed by atoms with Gasteiger partial charge in [-0.2, -0.15) is 0 Å². The first-order valence-corrected chi connectivity index (χ1v) is 3.47. The zero-order chi connectivity index (χ0) is 9.90. The number of hydrogen-bond donors (Lipinski definition) is 1. The second kappa shape index (κ2) is 3.70. The van der Waals surface area contributed by atoms with Crippen LogP contribution in [0.25, 0.3) is 0 Å². The standard InChI is InChI=1S/C7H6BF3O2/c9-7(10,11)13-6-4-2-1-3-5(6)8-12/h1-4,8,12H. The third-order valence-corrected chi connectivity index (χ3v) is 1.37. The third-order valence-electron chi connectivity index (χ3n) is 1.37. The van der Waals surface area contributed by atoms with Crippen LogP contribution in [0.4, 0.5) is 13.2 Å². The Hall–Kier alpha value is -1.17. The second-order valence-corrected chi connectivity index (χ2v) is 2.31. The fourth-order valence-corrected chi connectivity index (χ4v) is 0.859. The lowest BCUT2D eigenvalue weighted by Crippen LogP contribution is -2.24. The first-order valence-electron chi connectivity index (χ1n) is 3.47. The van der Waals surface area contributed by atoms with Crippen LogP contribution in [0, 0.1) is 0 Å². The van der Waals surface area contributed by atoms with Crippen molar-refractivity contribution in [3.05, 3.63) is 24.3 Å². The van der Waals surface area contributed by atoms with Crippen LogP contribution in [0.15, 0.2) is 24.3 Å². The van der Waals surface area contributed by atoms with E-state index in [2.05, 4.69) is 4.74 Å². The zero-order valence-electron chi connectivity index (χ0n) is 6.51. The summed E-state index contributed by atoms with van der Waals surface area (Å²) in [7, 11) is -0.480. The molecule has 0 amide bonds. The van der Waals surface area contributed by atoms with Gasteiger partial charge >= 0.3 is 13.8 Å². The molecule has 0 aromatic heterocycles. The van der Waals surface area contributed by atoms with Gasteiger partial charge in [0.25, 0.3) is 0 Å². The summed E-state index contributed by atoms with van der Waals surface area (Å²) in [6, 6.07) is 5.44. The van der Waals surface area contributed by atoms with Crippen molar-refractivity contribution in [3.8, 4) is 5.75 Å². The SMILES string of the molecule is OBc1ccccc1OC(F)(F)F. The largest absolute Gasteiger partial charge is 0.573 e. The minimum Gasteiger partial charge on any atom is -0.449 e. The van der Waals surface area contributed by atoms with E-state index < -0.39 is 13.8 Å². The molecule has 0 heterocycles. The van der Waals surface area contributed by atoms with E-state index in [1.165, 1.54) is 18.2 Å². The average molecular weight is 190 g/mol. The highest BCUT2D eigenvalue weighted by Gasteiger charge is 2.31. The monoisotopic (exact) mass is 190 g/mol. The van der Waals surface area contributed by atoms with E-state index in [9.17, 15) is 13.2 Å². The second-order valence-electron chi connectivity index (χ2n) is 2.31. The van der Waals surface area contributed by atoms with Crippen molar-refractivity contribution in [2.75, 3.05) is 0 Å². The summed E-state index contributed by atoms with van der Waals surface area (Å²) in [4.78, 5) is 0. The molecule has 0 saturated carbocycles. The van der Waals surface area contributed by atoms with Crippen molar-refractivity contribution in [2.24, 2.45) is 0 Å². The van der Waals surface area contributed by atoms with Gasteiger partial charge < -0.3 is 9.76 Å². The van der Waals surface area contributed by atoms with Gasteiger partial charge in [0.1, 0.15) is 5.75 Å². The van der Waals surface area contributed by atoms with Crippen LogP contribution >= 0.6 is 0 Å². The molecule has 2 nitrogen and oxygen atoms in total. The zero-order valence-corrected chi connectivity index (χ0v) is 6.51. The molecule has 0 unspecified atom stereocenters. The maximum Gasteiger partial charge on any atom is 0.573 e. The van der Waals surface area contributed by atoms with E-state index >= 15 is 0 Å². The summed E-state index contributed by atoms with van der Waals surface area (Å²) < 4.78 is 38.9. The third kappa shape index (κ3) is 2.98. The van der Waals surface area contributed by atoms with Gasteiger partial charge in [0.2, 0.25) is 0 Å². The molecule has 13 heavy (non-hydrogen) atoms. The number of rotatable bonds is 2. The van der Waals surface area contributed by atoms with Crippen LogP contribution in [-0.2, 0) is 0 Å². The van der Waals surface area contributed by atoms with Gasteiger partial charge in [0, 0.05) is 0 Å². The smallest absolute Gasteiger partial charge is 0.449 e. The lowest BCUT2D eigenvalue weighted by molar-refractivity contribution is -0.274. The molecule has 0 bridgehead atoms. The number of hydrogen-bond acceptors (Lipinski definition) is 2. The Morgan fingerprint density at radius 3 is 2.38 bits per heavy atom. The molecule has 0 radical (unpaired) electrons. The molecule has 0 fully saturated rings. The van der Waals surface area contributed by atoms with Gasteiger partial charge in [-0.3, -0.25) is 0 Å². The minimum absolute atomic E-state index is 0.111. The summed E-state index contributed by atoms with van der Waals surface area (Å²) in [5.74, 6) is -0.363. The quantitative estimate of drug-likeness (QED) is 0.690. The molecule has 0 aliphatic heterocycles. The Kier molecular flexibility index (Phi) is 2.82. The molecule has 0 aliphatic rings. The topological polar surface area (TPSA) is 29.5 Å². The number of benzene rings is 1. The average Bonchev–Trinajstić information content (AvgIpc) is 2.02. The number of ether oxygens (including phenoxy) is 1. The van der Waals surface area contributed by atoms with Crippen molar-refractivity contribution >= 4 is 12.9 Å². The number of para-hydroxylation sites is 1. The highest BCUT2D eigenvalue weighted by Crippen LogP contribution is 2.20. The first kappa shape index (κ1) is 9.92. The number of alkyl halides is 3. The molecule has 0 aliphatic carbocycles. The summed E-state index contributed by atoms with van der Waals surface area (Å²) in [6.07, 6.45) is -4.72. The molecule has 70 valence electrons. The van der Waals surface area contributed by atoms with Gasteiger partial charge in [-0.05, 0) is 11.5 Å². The van der Waals surface area contributed by atoms with E-state index in [0.29, 0.717) is 0 Å². The molecule has 0 saturated heterocycles. The predicted molar refractivity (Wildman–Crippen MR) is 42.1 cm³/mol. The molecule has 0 atom stereocenters. The van der Waals surface area contributed by atoms with Crippen LogP contribution in [0.2, 0.25) is 0 Å². The Balaban J connectivity index is 2.87. The summed E-state index contributed by atoms with van der Waals surface area (Å²) in [5.41, 5.74) is 0.111. The van der Waals surface area contributed by atoms with Gasteiger partial charge in [-0.25, -0.2) is 0 Å². The Morgan fingerprint density at radius 2 is 1.85 bits per heavy atom. The van der Waals surface area contributed by atoms with Crippen LogP contribution < -0.4 is 10.2 Å². The molecular weight excluding hydrogens is 184 g/mol. The maximum atomic E-state index is 11.8. The van der Waals surface area contributed by atoms with E-state index in [0.717, 1.165) is 6.07 Å². The van der Waals surface area contributed by atoms with Crippen LogP contribution in [-0.4, -0.2) is 18.9 Å². The molecule has 1 aromatic rings. The Labute approximate surface area is 73.2 Å². The highest BCUT2D eigenvalue weighted by atomic mass is 19.4. The number of halogens is 3. The first-order chi connectivity index (χ1) is 6.03. The maximum absolute atomic E-state index is 11.8. The normalized spacial score (nSPS) is 11.1. The fourth-order valence-electron chi connectivity index (χ4n) is 0.859. The van der Waals surface area contributed by atoms with Crippen molar-refractivity contribution in [3.63, 3.8) is 0 Å². The van der Waals surface area contributed by atoms with E-state index in [4.69, 9.17) is 5.02 Å². The van der Waals surface area contributed by atoms with Crippen molar-refractivity contribution in [1.82, 2.24) is 0 Å². The van der Waals surface area contributed by atoms with Gasteiger partial charge in [0.15, 0.2) is 0 Å². The summed E-state index contributed by atoms with van der Waals surface area (Å²) >= 11 is 0. The van der Waals surface area contributed by atoms with E-state index in [-0.39, 0.29) is 11.2 Å². The molecule has 1 aromatic carbocycles. The Morgan fingerprint density at radius 1 is 1.23 bits per heavy atom. The van der Waals surface area contributed by atoms with Gasteiger partial charge in [-0.15, -0.1) is 13.2 Å². The van der Waals surface area contributed by atoms with Crippen molar-refractivity contribution < 1.29 is 22.9 Å². The van der Waals surface area contributed by atoms with E-state index in [1.54, 1.807) is 0 Å². The van der Waals surface area contributed by atoms with Crippen LogP contribution in [0.5, 0.6) is 5.75 Å². The van der Waals surface area contributed by atoms with Crippen molar-refractivity contribution in [1.29, 1.82) is 0 Å². The summed E-state index contributed by atoms with van der Waals surface area (Å²) in [5, 5.41) is 8.67. The van der Waals surface area contributed by atoms with Gasteiger partial charge in [0.05, 0.1) is 0 Å². The van der Waals surface area contributed by atoms with Crippen LogP contribution in [0.3, 0.4) is 0 Å². The summed E-state index contributed by atoms with van der Waals surface area (Å²) in [6.45, 7) is 0. The van der Waals surface area contributed by atoms with E-state index in [1.807, 2.05) is 0 Å². The molecule has 0 spiro atoms. The molecule has 6 heteroatoms. The lowest BCUT2D eigenvalue weighted by Gasteiger charge is -2.10. The molecule has 1 N–H and O–H groups in total. The molecule has 1 rings (SSSR count). The van der Waals surface area contributed by atoms with Crippen molar-refractivity contribution in [2.45, 2.75) is 6.36 Å². The Bertz CT molecular complexity index is 287. The lowest BCUT2D eigenvalue weighted by atomic mass is 9.88. The molecular formula is C7H6BF3O2. The highest BCUT2D eigenvalue weighted by molar-refractivity contribution is 6.46. The van der Waals surface area contributed by atoms with Crippen LogP contribution in [0.1, 0.15) is 0 Å². The predicted octanol–water partition coefficient (Wildman–Crippen LogP) is 0.554. The van der Waals surface area contributed by atoms with Gasteiger partial charge in [-0.1, -0.05) is 18.2 Å². The fraction of sp³-hybridized carbons (Fsp3) is 0.143. The minimum atomic E-state index is -4.72.